The van der Waals surface area contributed by atoms with Gasteiger partial charge in [-0.15, -0.1) is 0 Å². The van der Waals surface area contributed by atoms with E-state index in [1.807, 2.05) is 0 Å². The average Bonchev–Trinajstić information content (AvgIpc) is 2.75. The molecule has 11 heteroatoms. The van der Waals surface area contributed by atoms with Gasteiger partial charge in [-0.05, 0) is 41.2 Å². The standard InChI is InChI=1S/C22H43N3O8/c1-21(2,18(27)7-6-17(23-5)20(29)30)24-9-12-32-14-15-33-16-19(28)22(3,4)25-8-11-31-13-10-26/h17,23-26H,6-16H2,1-5H3,(H,29,30). The summed E-state index contributed by atoms with van der Waals surface area (Å²) in [4.78, 5) is 35.7. The van der Waals surface area contributed by atoms with Gasteiger partial charge in [0.2, 0.25) is 0 Å². The van der Waals surface area contributed by atoms with Crippen LogP contribution >= 0.6 is 0 Å². The van der Waals surface area contributed by atoms with Crippen LogP contribution in [0.1, 0.15) is 40.5 Å². The van der Waals surface area contributed by atoms with E-state index in [9.17, 15) is 14.4 Å². The minimum atomic E-state index is -0.975. The van der Waals surface area contributed by atoms with Crippen molar-refractivity contribution in [3.63, 3.8) is 0 Å². The van der Waals surface area contributed by atoms with Gasteiger partial charge in [-0.25, -0.2) is 0 Å². The number of hydrogen-bond donors (Lipinski definition) is 5. The van der Waals surface area contributed by atoms with Gasteiger partial charge in [-0.3, -0.25) is 14.4 Å². The molecule has 0 bridgehead atoms. The summed E-state index contributed by atoms with van der Waals surface area (Å²) in [5, 5.41) is 26.6. The predicted octanol–water partition coefficient (Wildman–Crippen LogP) is -0.644. The van der Waals surface area contributed by atoms with Crippen LogP contribution in [0, 0.1) is 0 Å². The molecular formula is C22H43N3O8. The van der Waals surface area contributed by atoms with Crippen molar-refractivity contribution in [1.82, 2.24) is 16.0 Å². The van der Waals surface area contributed by atoms with E-state index in [2.05, 4.69) is 16.0 Å². The maximum atomic E-state index is 12.4. The summed E-state index contributed by atoms with van der Waals surface area (Å²) >= 11 is 0. The second-order valence-electron chi connectivity index (χ2n) is 8.67. The molecule has 0 rings (SSSR count). The Hall–Kier alpha value is -1.47. The molecule has 0 fully saturated rings. The van der Waals surface area contributed by atoms with Crippen LogP contribution in [0.4, 0.5) is 0 Å². The summed E-state index contributed by atoms with van der Waals surface area (Å²) in [5.41, 5.74) is -1.53. The first-order valence-electron chi connectivity index (χ1n) is 11.3. The number of carbonyl (C=O) groups is 3. The van der Waals surface area contributed by atoms with Crippen molar-refractivity contribution in [2.24, 2.45) is 0 Å². The zero-order valence-corrected chi connectivity index (χ0v) is 20.7. The van der Waals surface area contributed by atoms with E-state index in [0.29, 0.717) is 32.9 Å². The summed E-state index contributed by atoms with van der Waals surface area (Å²) in [6, 6.07) is -0.743. The number of likely N-dealkylation sites (N-methyl/N-ethyl adjacent to an activating group) is 1. The average molecular weight is 478 g/mol. The van der Waals surface area contributed by atoms with Gasteiger partial charge in [0.1, 0.15) is 12.6 Å². The number of aliphatic hydroxyl groups excluding tert-OH is 1. The number of aliphatic carboxylic acids is 1. The second-order valence-corrected chi connectivity index (χ2v) is 8.67. The largest absolute Gasteiger partial charge is 0.480 e. The Balaban J connectivity index is 3.93. The van der Waals surface area contributed by atoms with Gasteiger partial charge < -0.3 is 40.4 Å². The number of hydrogen-bond acceptors (Lipinski definition) is 10. The molecule has 1 unspecified atom stereocenters. The van der Waals surface area contributed by atoms with Crippen LogP contribution in [-0.2, 0) is 28.6 Å². The lowest BCUT2D eigenvalue weighted by molar-refractivity contribution is -0.139. The molecule has 0 aliphatic rings. The van der Waals surface area contributed by atoms with E-state index in [-0.39, 0.29) is 50.8 Å². The Morgan fingerprint density at radius 3 is 1.85 bits per heavy atom. The van der Waals surface area contributed by atoms with Crippen LogP contribution in [0.15, 0.2) is 0 Å². The highest BCUT2D eigenvalue weighted by atomic mass is 16.5. The van der Waals surface area contributed by atoms with Crippen LogP contribution in [0.5, 0.6) is 0 Å². The Labute approximate surface area is 196 Å². The third kappa shape index (κ3) is 14.4. The molecule has 0 aromatic rings. The summed E-state index contributed by atoms with van der Waals surface area (Å²) in [5.74, 6) is -1.13. The van der Waals surface area contributed by atoms with Crippen LogP contribution < -0.4 is 16.0 Å². The molecule has 1 atom stereocenters. The van der Waals surface area contributed by atoms with Gasteiger partial charge >= 0.3 is 5.97 Å². The third-order valence-corrected chi connectivity index (χ3v) is 5.17. The summed E-state index contributed by atoms with van der Waals surface area (Å²) in [6.07, 6.45) is 0.383. The number of aliphatic hydroxyl groups is 1. The molecule has 5 N–H and O–H groups in total. The number of nitrogens with one attached hydrogen (secondary N) is 3. The number of ketones is 2. The molecule has 0 amide bonds. The van der Waals surface area contributed by atoms with E-state index in [1.165, 1.54) is 0 Å². The summed E-state index contributed by atoms with van der Waals surface area (Å²) < 4.78 is 16.0. The van der Waals surface area contributed by atoms with Gasteiger partial charge in [0, 0.05) is 19.5 Å². The van der Waals surface area contributed by atoms with Crippen molar-refractivity contribution < 1.29 is 38.8 Å². The smallest absolute Gasteiger partial charge is 0.320 e. The lowest BCUT2D eigenvalue weighted by atomic mass is 9.94. The van der Waals surface area contributed by atoms with Crippen molar-refractivity contribution in [1.29, 1.82) is 0 Å². The monoisotopic (exact) mass is 477 g/mol. The highest BCUT2D eigenvalue weighted by molar-refractivity contribution is 5.89. The molecule has 0 aromatic carbocycles. The fraction of sp³-hybridized carbons (Fsp3) is 0.864. The van der Waals surface area contributed by atoms with Crippen molar-refractivity contribution in [3.8, 4) is 0 Å². The molecule has 0 saturated heterocycles. The zero-order chi connectivity index (χ0) is 25.3. The molecule has 0 aliphatic carbocycles. The van der Waals surface area contributed by atoms with E-state index >= 15 is 0 Å². The molecule has 0 radical (unpaired) electrons. The lowest BCUT2D eigenvalue weighted by Crippen LogP contribution is -2.49. The SMILES string of the molecule is CNC(CCC(=O)C(C)(C)NCCOCCOCC(=O)C(C)(C)NCCOCCO)C(=O)O. The van der Waals surface area contributed by atoms with Crippen LogP contribution in [0.3, 0.4) is 0 Å². The topological polar surface area (TPSA) is 155 Å². The van der Waals surface area contributed by atoms with Gasteiger partial charge in [0.05, 0.1) is 50.7 Å². The fourth-order valence-electron chi connectivity index (χ4n) is 2.78. The Morgan fingerprint density at radius 2 is 1.33 bits per heavy atom. The Bertz CT molecular complexity index is 584. The van der Waals surface area contributed by atoms with Crippen molar-refractivity contribution in [2.45, 2.75) is 57.7 Å². The Kier molecular flexibility index (Phi) is 16.3. The van der Waals surface area contributed by atoms with Crippen LogP contribution in [-0.4, -0.2) is 111 Å². The van der Waals surface area contributed by atoms with Gasteiger partial charge in [0.15, 0.2) is 11.6 Å². The number of rotatable bonds is 22. The highest BCUT2D eigenvalue weighted by Crippen LogP contribution is 2.10. The molecule has 0 saturated carbocycles. The van der Waals surface area contributed by atoms with E-state index in [0.717, 1.165) is 0 Å². The summed E-state index contributed by atoms with van der Waals surface area (Å²) in [6.45, 7) is 9.55. The molecule has 0 aliphatic heterocycles. The quantitative estimate of drug-likeness (QED) is 0.126. The minimum Gasteiger partial charge on any atom is -0.480 e. The fourth-order valence-corrected chi connectivity index (χ4v) is 2.78. The molecule has 0 spiro atoms. The molecular weight excluding hydrogens is 434 g/mol. The van der Waals surface area contributed by atoms with Gasteiger partial charge in [0.25, 0.3) is 0 Å². The molecule has 33 heavy (non-hydrogen) atoms. The van der Waals surface area contributed by atoms with Gasteiger partial charge in [-0.1, -0.05) is 0 Å². The number of Topliss-reactive ketones (excluding diaryl/α,β-unsaturated/α-hetero) is 2. The second kappa shape index (κ2) is 17.0. The van der Waals surface area contributed by atoms with Crippen LogP contribution in [0.25, 0.3) is 0 Å². The maximum Gasteiger partial charge on any atom is 0.320 e. The maximum absolute atomic E-state index is 12.4. The first kappa shape index (κ1) is 31.5. The summed E-state index contributed by atoms with van der Waals surface area (Å²) in [7, 11) is 1.55. The molecule has 0 aromatic heterocycles. The lowest BCUT2D eigenvalue weighted by Gasteiger charge is -2.25. The normalized spacial score (nSPS) is 13.2. The first-order chi connectivity index (χ1) is 15.5. The number of carbonyl (C=O) groups excluding carboxylic acids is 2. The third-order valence-electron chi connectivity index (χ3n) is 5.17. The predicted molar refractivity (Wildman–Crippen MR) is 123 cm³/mol. The van der Waals surface area contributed by atoms with Crippen molar-refractivity contribution in [3.05, 3.63) is 0 Å². The highest BCUT2D eigenvalue weighted by Gasteiger charge is 2.28. The minimum absolute atomic E-state index is 0.0316. The van der Waals surface area contributed by atoms with E-state index in [1.54, 1.807) is 34.7 Å². The van der Waals surface area contributed by atoms with Gasteiger partial charge in [-0.2, -0.15) is 0 Å². The number of carboxylic acid groups (broad SMARTS) is 1. The van der Waals surface area contributed by atoms with Crippen LogP contribution in [0.2, 0.25) is 0 Å². The molecule has 0 heterocycles. The van der Waals surface area contributed by atoms with E-state index < -0.39 is 23.1 Å². The molecule has 194 valence electrons. The van der Waals surface area contributed by atoms with Crippen molar-refractivity contribution in [2.75, 3.05) is 66.4 Å². The first-order valence-corrected chi connectivity index (χ1v) is 11.3. The number of ether oxygens (including phenoxy) is 3. The molecule has 11 nitrogen and oxygen atoms in total. The Morgan fingerprint density at radius 1 is 0.818 bits per heavy atom. The number of carboxylic acids is 1. The van der Waals surface area contributed by atoms with E-state index in [4.69, 9.17) is 24.4 Å². The zero-order valence-electron chi connectivity index (χ0n) is 20.7. The van der Waals surface area contributed by atoms with Crippen molar-refractivity contribution >= 4 is 17.5 Å².